The van der Waals surface area contributed by atoms with Crippen LogP contribution in [0.4, 0.5) is 16.2 Å². The minimum Gasteiger partial charge on any atom is -1.00 e. The highest BCUT2D eigenvalue weighted by molar-refractivity contribution is 7.07. The molecule has 0 fully saturated rings. The van der Waals surface area contributed by atoms with Gasteiger partial charge in [0.05, 0.1) is 30.5 Å². The Morgan fingerprint density at radius 1 is 0.825 bits per heavy atom. The second-order valence-electron chi connectivity index (χ2n) is 10.0. The first-order valence-corrected chi connectivity index (χ1v) is 15.5. The molecule has 220 valence electrons. The van der Waals surface area contributed by atoms with Gasteiger partial charge in [-0.25, -0.2) is 4.79 Å². The van der Waals surface area contributed by atoms with E-state index in [2.05, 4.69) is 22.1 Å². The van der Waals surface area contributed by atoms with Crippen molar-refractivity contribution in [3.8, 4) is 11.5 Å². The molecule has 0 saturated carbocycles. The van der Waals surface area contributed by atoms with E-state index in [9.17, 15) is 4.79 Å². The number of hydrogen-bond donors (Lipinski definition) is 2. The Hall–Kier alpha value is -2.58. The number of nitrogens with one attached hydrogen (secondary N) is 2. The van der Waals surface area contributed by atoms with Crippen LogP contribution in [-0.4, -0.2) is 19.7 Å². The zero-order valence-corrected chi connectivity index (χ0v) is 26.5. The molecular formula is C32H46BrN3O3S. The van der Waals surface area contributed by atoms with E-state index >= 15 is 0 Å². The molecule has 3 rings (SSSR count). The summed E-state index contributed by atoms with van der Waals surface area (Å²) in [5.41, 5.74) is 4.45. The number of carbonyl (C=O) groups excluding carboxylic acids is 1. The van der Waals surface area contributed by atoms with E-state index in [0.29, 0.717) is 30.3 Å². The third kappa shape index (κ3) is 12.3. The molecule has 0 saturated heterocycles. The van der Waals surface area contributed by atoms with Crippen LogP contribution in [0.1, 0.15) is 89.5 Å². The monoisotopic (exact) mass is 631 g/mol. The number of benzene rings is 2. The predicted octanol–water partition coefficient (Wildman–Crippen LogP) is 5.82. The summed E-state index contributed by atoms with van der Waals surface area (Å²) in [5, 5.41) is 7.99. The lowest BCUT2D eigenvalue weighted by Gasteiger charge is -2.16. The molecule has 1 aromatic heterocycles. The fraction of sp³-hybridized carbons (Fsp3) is 0.500. The van der Waals surface area contributed by atoms with Gasteiger partial charge in [-0.3, -0.25) is 0 Å². The smallest absolute Gasteiger partial charge is 0.323 e. The lowest BCUT2D eigenvalue weighted by atomic mass is 10.1. The first-order chi connectivity index (χ1) is 19.2. The van der Waals surface area contributed by atoms with E-state index in [-0.39, 0.29) is 23.0 Å². The third-order valence-electron chi connectivity index (χ3n) is 6.84. The van der Waals surface area contributed by atoms with Gasteiger partial charge >= 0.3 is 6.03 Å². The molecule has 8 heteroatoms. The summed E-state index contributed by atoms with van der Waals surface area (Å²) < 4.78 is 13.7. The molecule has 0 radical (unpaired) electrons. The SMILES string of the molecule is CCCCCCCCCCCCCCOc1c(NC(=O)Nc2ccccc2C[n+]2ccsc2)cccc1OC.[Br-]. The average molecular weight is 633 g/mol. The maximum atomic E-state index is 13.0. The molecule has 0 atom stereocenters. The Kier molecular flexibility index (Phi) is 17.1. The molecule has 0 unspecified atom stereocenters. The number of ether oxygens (including phenoxy) is 2. The van der Waals surface area contributed by atoms with Crippen molar-refractivity contribution in [2.45, 2.75) is 90.5 Å². The van der Waals surface area contributed by atoms with Crippen molar-refractivity contribution in [3.63, 3.8) is 0 Å². The molecule has 0 aliphatic carbocycles. The van der Waals surface area contributed by atoms with Crippen LogP contribution < -0.4 is 41.7 Å². The largest absolute Gasteiger partial charge is 1.00 e. The van der Waals surface area contributed by atoms with Gasteiger partial charge in [0.15, 0.2) is 24.2 Å². The van der Waals surface area contributed by atoms with E-state index in [1.54, 1.807) is 18.4 Å². The Morgan fingerprint density at radius 3 is 2.10 bits per heavy atom. The predicted molar refractivity (Wildman–Crippen MR) is 162 cm³/mol. The van der Waals surface area contributed by atoms with Crippen molar-refractivity contribution < 1.29 is 35.8 Å². The van der Waals surface area contributed by atoms with E-state index in [0.717, 1.165) is 24.1 Å². The molecular weight excluding hydrogens is 586 g/mol. The van der Waals surface area contributed by atoms with E-state index in [4.69, 9.17) is 9.47 Å². The molecule has 3 aromatic rings. The number of anilines is 2. The Labute approximate surface area is 255 Å². The van der Waals surface area contributed by atoms with Crippen molar-refractivity contribution in [2.24, 2.45) is 0 Å². The van der Waals surface area contributed by atoms with Crippen molar-refractivity contribution in [1.82, 2.24) is 0 Å². The van der Waals surface area contributed by atoms with Gasteiger partial charge in [-0.2, -0.15) is 4.57 Å². The number of carbonyl (C=O) groups is 1. The number of aromatic nitrogens is 1. The Bertz CT molecular complexity index is 1090. The number of methoxy groups -OCH3 is 1. The van der Waals surface area contributed by atoms with Gasteiger partial charge in [0.25, 0.3) is 0 Å². The van der Waals surface area contributed by atoms with E-state index < -0.39 is 0 Å². The summed E-state index contributed by atoms with van der Waals surface area (Å²) in [5.74, 6) is 1.18. The molecule has 2 N–H and O–H groups in total. The molecule has 0 aliphatic heterocycles. The fourth-order valence-electron chi connectivity index (χ4n) is 4.65. The van der Waals surface area contributed by atoms with Crippen molar-refractivity contribution in [3.05, 3.63) is 65.1 Å². The summed E-state index contributed by atoms with van der Waals surface area (Å²) in [6, 6.07) is 13.1. The maximum Gasteiger partial charge on any atom is 0.323 e. The summed E-state index contributed by atoms with van der Waals surface area (Å²) >= 11 is 1.64. The Balaban J connectivity index is 0.00000560. The topological polar surface area (TPSA) is 63.5 Å². The van der Waals surface area contributed by atoms with E-state index in [1.165, 1.54) is 64.2 Å². The van der Waals surface area contributed by atoms with Crippen molar-refractivity contribution in [2.75, 3.05) is 24.4 Å². The molecule has 1 heterocycles. The summed E-state index contributed by atoms with van der Waals surface area (Å²) in [6.07, 6.45) is 17.6. The van der Waals surface area contributed by atoms with Crippen molar-refractivity contribution >= 4 is 28.7 Å². The zero-order valence-electron chi connectivity index (χ0n) is 24.1. The number of unbranched alkanes of at least 4 members (excludes halogenated alkanes) is 11. The van der Waals surface area contributed by atoms with Crippen LogP contribution >= 0.6 is 11.3 Å². The highest BCUT2D eigenvalue weighted by Crippen LogP contribution is 2.35. The van der Waals surface area contributed by atoms with Crippen LogP contribution in [0.3, 0.4) is 0 Å². The molecule has 6 nitrogen and oxygen atoms in total. The number of nitrogens with zero attached hydrogens (tertiary/aromatic N) is 1. The van der Waals surface area contributed by atoms with Crippen molar-refractivity contribution in [1.29, 1.82) is 0 Å². The normalized spacial score (nSPS) is 10.6. The van der Waals surface area contributed by atoms with Crippen LogP contribution in [-0.2, 0) is 6.54 Å². The quantitative estimate of drug-likeness (QED) is 0.129. The van der Waals surface area contributed by atoms with Crippen LogP contribution in [0.5, 0.6) is 11.5 Å². The summed E-state index contributed by atoms with van der Waals surface area (Å²) in [4.78, 5) is 13.0. The molecule has 0 spiro atoms. The second-order valence-corrected chi connectivity index (χ2v) is 10.8. The van der Waals surface area contributed by atoms with Crippen LogP contribution in [0, 0.1) is 0 Å². The Morgan fingerprint density at radius 2 is 1.45 bits per heavy atom. The molecule has 40 heavy (non-hydrogen) atoms. The standard InChI is InChI=1S/C32H45N3O3S.BrH/c1-3-4-5-6-7-8-9-10-11-12-13-16-23-38-31-29(20-17-21-30(31)37-2)34-32(36)33-28-19-15-14-18-27(28)25-35-22-24-39-26-35;/h14-15,17-22,24,26H,3-13,16,23,25H2,1-2H3,(H-,33,34,36);1H. The van der Waals surface area contributed by atoms with Gasteiger partial charge in [-0.15, -0.1) is 0 Å². The summed E-state index contributed by atoms with van der Waals surface area (Å²) in [7, 11) is 1.62. The zero-order chi connectivity index (χ0) is 27.5. The molecule has 2 amide bonds. The van der Waals surface area contributed by atoms with Crippen LogP contribution in [0.2, 0.25) is 0 Å². The first kappa shape index (κ1) is 33.6. The molecule has 0 aliphatic rings. The minimum atomic E-state index is -0.318. The van der Waals surface area contributed by atoms with Gasteiger partial charge < -0.3 is 37.1 Å². The van der Waals surface area contributed by atoms with Gasteiger partial charge in [-0.1, -0.05) is 113 Å². The average Bonchev–Trinajstić information content (AvgIpc) is 3.46. The first-order valence-electron chi connectivity index (χ1n) is 14.6. The third-order valence-corrected chi connectivity index (χ3v) is 7.51. The number of amides is 2. The highest BCUT2D eigenvalue weighted by Gasteiger charge is 2.15. The molecule has 0 bridgehead atoms. The van der Waals surface area contributed by atoms with Gasteiger partial charge in [0.1, 0.15) is 0 Å². The van der Waals surface area contributed by atoms with Gasteiger partial charge in [0, 0.05) is 5.56 Å². The number of thiazole rings is 1. The number of rotatable bonds is 19. The number of para-hydroxylation sites is 2. The second kappa shape index (κ2) is 20.3. The highest BCUT2D eigenvalue weighted by atomic mass is 79.9. The number of hydrogen-bond acceptors (Lipinski definition) is 4. The number of halogens is 1. The van der Waals surface area contributed by atoms with Crippen LogP contribution in [0.25, 0.3) is 0 Å². The summed E-state index contributed by atoms with van der Waals surface area (Å²) in [6.45, 7) is 3.55. The molecule has 2 aromatic carbocycles. The van der Waals surface area contributed by atoms with E-state index in [1.807, 2.05) is 59.6 Å². The van der Waals surface area contributed by atoms with Crippen LogP contribution in [0.15, 0.2) is 59.6 Å². The fourth-order valence-corrected chi connectivity index (χ4v) is 5.24. The number of urea groups is 1. The maximum absolute atomic E-state index is 13.0. The van der Waals surface area contributed by atoms with Gasteiger partial charge in [-0.05, 0) is 24.6 Å². The lowest BCUT2D eigenvalue weighted by molar-refractivity contribution is -0.683. The lowest BCUT2D eigenvalue weighted by Crippen LogP contribution is -3.00. The minimum absolute atomic E-state index is 0. The van der Waals surface area contributed by atoms with Gasteiger partial charge in [0.2, 0.25) is 5.51 Å².